The zero-order valence-electron chi connectivity index (χ0n) is 38.2. The minimum atomic E-state index is -2.94. The van der Waals surface area contributed by atoms with E-state index < -0.39 is 8.07 Å². The second kappa shape index (κ2) is 16.3. The Bertz CT molecular complexity index is 4230. The summed E-state index contributed by atoms with van der Waals surface area (Å²) < 4.78 is 7.49. The molecule has 0 fully saturated rings. The molecule has 0 N–H and O–H groups in total. The fourth-order valence-corrected chi connectivity index (χ4v) is 17.4. The van der Waals surface area contributed by atoms with Crippen LogP contribution in [0, 0.1) is 0 Å². The Kier molecular flexibility index (Phi) is 9.44. The summed E-state index contributed by atoms with van der Waals surface area (Å²) in [5.74, 6) is 0. The smallest absolute Gasteiger partial charge is 0.179 e. The molecule has 0 saturated carbocycles. The van der Waals surface area contributed by atoms with E-state index in [-0.39, 0.29) is 0 Å². The van der Waals surface area contributed by atoms with Gasteiger partial charge >= 0.3 is 0 Å². The Labute approximate surface area is 411 Å². The van der Waals surface area contributed by atoms with Gasteiger partial charge in [0, 0.05) is 53.1 Å². The highest BCUT2D eigenvalue weighted by Crippen LogP contribution is 2.38. The van der Waals surface area contributed by atoms with E-state index in [4.69, 9.17) is 0 Å². The van der Waals surface area contributed by atoms with Crippen molar-refractivity contribution in [3.05, 3.63) is 267 Å². The topological polar surface area (TPSA) is 9.86 Å². The number of rotatable bonds is 8. The lowest BCUT2D eigenvalue weighted by Gasteiger charge is -2.35. The van der Waals surface area contributed by atoms with Crippen LogP contribution in [0.15, 0.2) is 267 Å². The monoisotopic (exact) mass is 924 g/mol. The molecule has 1 atom stereocenters. The van der Waals surface area contributed by atoms with Gasteiger partial charge in [0.1, 0.15) is 0 Å². The molecule has 3 heterocycles. The van der Waals surface area contributed by atoms with E-state index >= 15 is 0 Å². The number of para-hydroxylation sites is 3. The quantitative estimate of drug-likeness (QED) is 0.106. The van der Waals surface area contributed by atoms with Crippen molar-refractivity contribution in [3.8, 4) is 33.6 Å². The Hall–Kier alpha value is -8.54. The van der Waals surface area contributed by atoms with Gasteiger partial charge in [0.25, 0.3) is 0 Å². The molecule has 0 bridgehead atoms. The van der Waals surface area contributed by atoms with Crippen molar-refractivity contribution < 1.29 is 0 Å². The van der Waals surface area contributed by atoms with Gasteiger partial charge < -0.3 is 9.13 Å². The number of nitrogens with zero attached hydrogens (tertiary/aromatic N) is 2. The highest BCUT2D eigenvalue weighted by molar-refractivity contribution is 7.26. The van der Waals surface area contributed by atoms with Gasteiger partial charge in [0.2, 0.25) is 0 Å². The van der Waals surface area contributed by atoms with Crippen LogP contribution in [-0.2, 0) is 0 Å². The van der Waals surface area contributed by atoms with E-state index in [1.165, 1.54) is 107 Å². The molecule has 11 aromatic carbocycles. The molecule has 1 unspecified atom stereocenters. The number of thiophene rings is 1. The van der Waals surface area contributed by atoms with Gasteiger partial charge in [-0.3, -0.25) is 0 Å². The second-order valence-corrected chi connectivity index (χ2v) is 23.3. The van der Waals surface area contributed by atoms with Crippen LogP contribution in [0.5, 0.6) is 0 Å². The predicted molar refractivity (Wildman–Crippen MR) is 302 cm³/mol. The van der Waals surface area contributed by atoms with Crippen LogP contribution < -0.4 is 20.7 Å². The SMILES string of the molecule is c1ccc(-c2ccc([Si](c3ccccc3)(c3cccc(-c4ccc(-n5c6ccccc6c6cc(-n7c8ccccc8c8ccccc87)ccc65)cc4)c3)c3ccc4sc5ccccc5c4c3)cc2)cc1. The summed E-state index contributed by atoms with van der Waals surface area (Å²) in [5.41, 5.74) is 12.0. The van der Waals surface area contributed by atoms with Gasteiger partial charge in [-0.2, -0.15) is 0 Å². The van der Waals surface area contributed by atoms with Crippen LogP contribution in [-0.4, -0.2) is 17.2 Å². The van der Waals surface area contributed by atoms with Crippen LogP contribution in [0.25, 0.3) is 97.4 Å². The summed E-state index contributed by atoms with van der Waals surface area (Å²) in [7, 11) is -2.94. The van der Waals surface area contributed by atoms with Crippen LogP contribution in [0.4, 0.5) is 0 Å². The molecule has 4 heteroatoms. The Morgan fingerprint density at radius 2 is 0.686 bits per heavy atom. The summed E-state index contributed by atoms with van der Waals surface area (Å²) >= 11 is 1.88. The first kappa shape index (κ1) is 40.5. The van der Waals surface area contributed by atoms with Crippen molar-refractivity contribution in [2.24, 2.45) is 0 Å². The van der Waals surface area contributed by atoms with Crippen LogP contribution in [0.1, 0.15) is 0 Å². The molecule has 14 aromatic rings. The molecule has 0 radical (unpaired) electrons. The van der Waals surface area contributed by atoms with E-state index in [0.29, 0.717) is 0 Å². The van der Waals surface area contributed by atoms with Gasteiger partial charge in [-0.25, -0.2) is 0 Å². The third-order valence-corrected chi connectivity index (χ3v) is 20.6. The van der Waals surface area contributed by atoms with Gasteiger partial charge in [0.05, 0.1) is 22.1 Å². The van der Waals surface area contributed by atoms with Crippen LogP contribution >= 0.6 is 11.3 Å². The summed E-state index contributed by atoms with van der Waals surface area (Å²) in [6.45, 7) is 0. The van der Waals surface area contributed by atoms with E-state index in [2.05, 4.69) is 276 Å². The lowest BCUT2D eigenvalue weighted by Crippen LogP contribution is -2.74. The Morgan fingerprint density at radius 1 is 0.243 bits per heavy atom. The van der Waals surface area contributed by atoms with Crippen molar-refractivity contribution in [2.75, 3.05) is 0 Å². The number of fused-ring (bicyclic) bond motifs is 9. The number of hydrogen-bond acceptors (Lipinski definition) is 1. The molecule has 2 nitrogen and oxygen atoms in total. The van der Waals surface area contributed by atoms with Crippen molar-refractivity contribution in [3.63, 3.8) is 0 Å². The van der Waals surface area contributed by atoms with Gasteiger partial charge in [-0.05, 0) is 104 Å². The maximum absolute atomic E-state index is 2.94. The Balaban J connectivity index is 0.914. The highest BCUT2D eigenvalue weighted by atomic mass is 32.1. The minimum Gasteiger partial charge on any atom is -0.309 e. The van der Waals surface area contributed by atoms with Crippen molar-refractivity contribution >= 4 is 104 Å². The molecule has 0 aliphatic rings. The van der Waals surface area contributed by atoms with Gasteiger partial charge in [-0.15, -0.1) is 11.3 Å². The molecule has 70 heavy (non-hydrogen) atoms. The molecule has 0 aliphatic heterocycles. The third-order valence-electron chi connectivity index (χ3n) is 14.7. The van der Waals surface area contributed by atoms with Crippen molar-refractivity contribution in [1.82, 2.24) is 9.13 Å². The zero-order valence-corrected chi connectivity index (χ0v) is 40.0. The lowest BCUT2D eigenvalue weighted by molar-refractivity contribution is 1.17. The van der Waals surface area contributed by atoms with Crippen molar-refractivity contribution in [1.29, 1.82) is 0 Å². The molecule has 0 amide bonds. The lowest BCUT2D eigenvalue weighted by atomic mass is 10.1. The number of aromatic nitrogens is 2. The van der Waals surface area contributed by atoms with Crippen molar-refractivity contribution in [2.45, 2.75) is 0 Å². The van der Waals surface area contributed by atoms with E-state index in [9.17, 15) is 0 Å². The fourth-order valence-electron chi connectivity index (χ4n) is 11.5. The number of hydrogen-bond donors (Lipinski definition) is 0. The first-order valence-corrected chi connectivity index (χ1v) is 26.9. The van der Waals surface area contributed by atoms with E-state index in [0.717, 1.165) is 11.4 Å². The maximum atomic E-state index is 2.53. The average Bonchev–Trinajstić information content (AvgIpc) is 4.09. The first-order valence-electron chi connectivity index (χ1n) is 24.1. The summed E-state index contributed by atoms with van der Waals surface area (Å²) in [4.78, 5) is 0. The summed E-state index contributed by atoms with van der Waals surface area (Å²) in [6.07, 6.45) is 0. The molecular weight excluding hydrogens is 881 g/mol. The highest BCUT2D eigenvalue weighted by Gasteiger charge is 2.42. The van der Waals surface area contributed by atoms with E-state index in [1.54, 1.807) is 0 Å². The molecule has 328 valence electrons. The molecule has 3 aromatic heterocycles. The molecule has 0 spiro atoms. The number of benzene rings is 11. The molecular formula is C66H44N2SSi. The maximum Gasteiger partial charge on any atom is 0.179 e. The normalized spacial score (nSPS) is 12.7. The fraction of sp³-hybridized carbons (Fsp3) is 0. The van der Waals surface area contributed by atoms with Crippen LogP contribution in [0.3, 0.4) is 0 Å². The summed E-state index contributed by atoms with van der Waals surface area (Å²) in [6, 6.07) is 99.7. The second-order valence-electron chi connectivity index (χ2n) is 18.4. The Morgan fingerprint density at radius 3 is 1.39 bits per heavy atom. The van der Waals surface area contributed by atoms with E-state index in [1.807, 2.05) is 11.3 Å². The molecule has 0 saturated heterocycles. The minimum absolute atomic E-state index is 1.14. The van der Waals surface area contributed by atoms with Gasteiger partial charge in [0.15, 0.2) is 8.07 Å². The average molecular weight is 925 g/mol. The first-order chi connectivity index (χ1) is 34.7. The van der Waals surface area contributed by atoms with Crippen LogP contribution in [0.2, 0.25) is 0 Å². The zero-order chi connectivity index (χ0) is 46.2. The standard InChI is InChI=1S/C66H44N2SSi/c1-3-16-45(17-4-1)46-32-37-52(38-33-46)70(51-19-5-2-6-20-51,54-39-41-66-60(44-54)58-25-10-14-29-65(58)69-66)53-21-15-18-48(42-53)47-30-34-49(35-31-47)67-63-28-13-9-24-57(63)59-43-50(36-40-64(59)67)68-61-26-11-7-22-55(61)56-23-8-12-27-62(56)68/h1-44H. The molecule has 14 rings (SSSR count). The largest absolute Gasteiger partial charge is 0.309 e. The summed E-state index contributed by atoms with van der Waals surface area (Å²) in [5, 5.41) is 13.1. The molecule has 0 aliphatic carbocycles. The predicted octanol–water partition coefficient (Wildman–Crippen LogP) is 15.0. The van der Waals surface area contributed by atoms with Gasteiger partial charge in [-0.1, -0.05) is 206 Å². The third kappa shape index (κ3) is 6.31.